The molecule has 2 aliphatic heterocycles. The molecule has 0 aromatic heterocycles. The van der Waals surface area contributed by atoms with Crippen LogP contribution in [0.1, 0.15) is 25.7 Å². The van der Waals surface area contributed by atoms with Crippen LogP contribution in [0.15, 0.2) is 24.3 Å². The summed E-state index contributed by atoms with van der Waals surface area (Å²) in [5.74, 6) is 0.174. The Balaban J connectivity index is 1.48. The summed E-state index contributed by atoms with van der Waals surface area (Å²) in [5, 5.41) is 3.05. The molecule has 2 fully saturated rings. The van der Waals surface area contributed by atoms with Crippen molar-refractivity contribution in [1.82, 2.24) is 10.2 Å². The predicted molar refractivity (Wildman–Crippen MR) is 77.8 cm³/mol. The number of likely N-dealkylation sites (tertiary alicyclic amines) is 1. The SMILES string of the molecule is O=C1CCC2(CCN(C(=O)COc3ccc(F)cc3)CC2)N1. The molecule has 2 amide bonds. The van der Waals surface area contributed by atoms with Crippen LogP contribution in [0.2, 0.25) is 0 Å². The topological polar surface area (TPSA) is 58.6 Å². The van der Waals surface area contributed by atoms with E-state index in [0.29, 0.717) is 25.3 Å². The number of carbonyl (C=O) groups excluding carboxylic acids is 2. The van der Waals surface area contributed by atoms with Crippen molar-refractivity contribution in [3.05, 3.63) is 30.1 Å². The fraction of sp³-hybridized carbons (Fsp3) is 0.500. The Morgan fingerprint density at radius 1 is 1.23 bits per heavy atom. The van der Waals surface area contributed by atoms with Gasteiger partial charge in [-0.1, -0.05) is 0 Å². The van der Waals surface area contributed by atoms with E-state index in [1.54, 1.807) is 4.90 Å². The molecule has 0 bridgehead atoms. The van der Waals surface area contributed by atoms with E-state index in [-0.39, 0.29) is 29.8 Å². The number of amides is 2. The number of hydrogen-bond donors (Lipinski definition) is 1. The lowest BCUT2D eigenvalue weighted by molar-refractivity contribution is -0.135. The van der Waals surface area contributed by atoms with E-state index < -0.39 is 0 Å². The van der Waals surface area contributed by atoms with Crippen molar-refractivity contribution >= 4 is 11.8 Å². The highest BCUT2D eigenvalue weighted by Crippen LogP contribution is 2.31. The monoisotopic (exact) mass is 306 g/mol. The Morgan fingerprint density at radius 2 is 1.91 bits per heavy atom. The average Bonchev–Trinajstić information content (AvgIpc) is 2.88. The number of benzene rings is 1. The molecule has 3 rings (SSSR count). The van der Waals surface area contributed by atoms with E-state index in [0.717, 1.165) is 19.3 Å². The molecule has 118 valence electrons. The smallest absolute Gasteiger partial charge is 0.260 e. The van der Waals surface area contributed by atoms with Crippen LogP contribution in [0.4, 0.5) is 4.39 Å². The molecule has 1 aromatic carbocycles. The van der Waals surface area contributed by atoms with Crippen molar-refractivity contribution in [3.63, 3.8) is 0 Å². The van der Waals surface area contributed by atoms with E-state index in [1.807, 2.05) is 0 Å². The second-order valence-corrected chi connectivity index (χ2v) is 5.95. The van der Waals surface area contributed by atoms with Gasteiger partial charge < -0.3 is 15.0 Å². The van der Waals surface area contributed by atoms with Gasteiger partial charge in [0.15, 0.2) is 6.61 Å². The largest absolute Gasteiger partial charge is 0.484 e. The molecule has 1 spiro atoms. The minimum Gasteiger partial charge on any atom is -0.484 e. The van der Waals surface area contributed by atoms with Crippen LogP contribution in [0.3, 0.4) is 0 Å². The highest BCUT2D eigenvalue weighted by Gasteiger charge is 2.40. The molecule has 0 atom stereocenters. The quantitative estimate of drug-likeness (QED) is 0.920. The summed E-state index contributed by atoms with van der Waals surface area (Å²) >= 11 is 0. The third kappa shape index (κ3) is 3.21. The maximum atomic E-state index is 12.8. The van der Waals surface area contributed by atoms with E-state index in [9.17, 15) is 14.0 Å². The van der Waals surface area contributed by atoms with Crippen LogP contribution < -0.4 is 10.1 Å². The molecule has 5 nitrogen and oxygen atoms in total. The van der Waals surface area contributed by atoms with Crippen LogP contribution in [-0.4, -0.2) is 41.9 Å². The molecule has 2 saturated heterocycles. The Labute approximate surface area is 128 Å². The normalized spacial score (nSPS) is 20.0. The van der Waals surface area contributed by atoms with Crippen molar-refractivity contribution in [1.29, 1.82) is 0 Å². The van der Waals surface area contributed by atoms with Gasteiger partial charge in [-0.25, -0.2) is 4.39 Å². The van der Waals surface area contributed by atoms with Gasteiger partial charge in [0, 0.05) is 25.0 Å². The van der Waals surface area contributed by atoms with Crippen molar-refractivity contribution in [2.24, 2.45) is 0 Å². The first-order valence-electron chi connectivity index (χ1n) is 7.54. The number of ether oxygens (including phenoxy) is 1. The van der Waals surface area contributed by atoms with Gasteiger partial charge >= 0.3 is 0 Å². The zero-order chi connectivity index (χ0) is 15.6. The molecule has 0 unspecified atom stereocenters. The Bertz CT molecular complexity index is 565. The van der Waals surface area contributed by atoms with Gasteiger partial charge in [-0.3, -0.25) is 9.59 Å². The molecular formula is C16H19FN2O3. The van der Waals surface area contributed by atoms with Gasteiger partial charge in [0.25, 0.3) is 5.91 Å². The average molecular weight is 306 g/mol. The number of halogens is 1. The fourth-order valence-corrected chi connectivity index (χ4v) is 3.10. The number of piperidine rings is 1. The zero-order valence-corrected chi connectivity index (χ0v) is 12.3. The lowest BCUT2D eigenvalue weighted by Gasteiger charge is -2.39. The van der Waals surface area contributed by atoms with Crippen LogP contribution in [0.5, 0.6) is 5.75 Å². The van der Waals surface area contributed by atoms with E-state index in [2.05, 4.69) is 5.32 Å². The Kier molecular flexibility index (Phi) is 4.00. The van der Waals surface area contributed by atoms with Gasteiger partial charge in [0.05, 0.1) is 0 Å². The standard InChI is InChI=1S/C16H19FN2O3/c17-12-1-3-13(4-2-12)22-11-15(21)19-9-7-16(8-10-19)6-5-14(20)18-16/h1-4H,5-11H2,(H,18,20). The molecule has 0 radical (unpaired) electrons. The first-order valence-corrected chi connectivity index (χ1v) is 7.54. The summed E-state index contributed by atoms with van der Waals surface area (Å²) in [7, 11) is 0. The van der Waals surface area contributed by atoms with Gasteiger partial charge in [0.1, 0.15) is 11.6 Å². The minimum atomic E-state index is -0.335. The maximum Gasteiger partial charge on any atom is 0.260 e. The third-order valence-electron chi connectivity index (χ3n) is 4.48. The van der Waals surface area contributed by atoms with Crippen molar-refractivity contribution in [2.75, 3.05) is 19.7 Å². The van der Waals surface area contributed by atoms with Crippen LogP contribution in [0.25, 0.3) is 0 Å². The zero-order valence-electron chi connectivity index (χ0n) is 12.3. The van der Waals surface area contributed by atoms with Crippen molar-refractivity contribution < 1.29 is 18.7 Å². The van der Waals surface area contributed by atoms with E-state index in [1.165, 1.54) is 24.3 Å². The van der Waals surface area contributed by atoms with Gasteiger partial charge in [-0.2, -0.15) is 0 Å². The van der Waals surface area contributed by atoms with Crippen LogP contribution >= 0.6 is 0 Å². The summed E-state index contributed by atoms with van der Waals surface area (Å²) in [6.45, 7) is 1.21. The molecule has 22 heavy (non-hydrogen) atoms. The second-order valence-electron chi connectivity index (χ2n) is 5.95. The molecule has 2 aliphatic rings. The second kappa shape index (κ2) is 5.94. The van der Waals surface area contributed by atoms with Gasteiger partial charge in [0.2, 0.25) is 5.91 Å². The number of nitrogens with one attached hydrogen (secondary N) is 1. The summed E-state index contributed by atoms with van der Waals surface area (Å²) in [6.07, 6.45) is 3.03. The lowest BCUT2D eigenvalue weighted by atomic mass is 9.86. The number of carbonyl (C=O) groups is 2. The molecule has 1 aromatic rings. The molecule has 0 aliphatic carbocycles. The van der Waals surface area contributed by atoms with E-state index >= 15 is 0 Å². The van der Waals surface area contributed by atoms with Gasteiger partial charge in [-0.05, 0) is 43.5 Å². The number of hydrogen-bond acceptors (Lipinski definition) is 3. The fourth-order valence-electron chi connectivity index (χ4n) is 3.10. The molecule has 2 heterocycles. The summed E-state index contributed by atoms with van der Waals surface area (Å²) < 4.78 is 18.2. The third-order valence-corrected chi connectivity index (χ3v) is 4.48. The molecule has 1 N–H and O–H groups in total. The predicted octanol–water partition coefficient (Wildman–Crippen LogP) is 1.48. The van der Waals surface area contributed by atoms with Gasteiger partial charge in [-0.15, -0.1) is 0 Å². The summed E-state index contributed by atoms with van der Waals surface area (Å²) in [4.78, 5) is 25.3. The van der Waals surface area contributed by atoms with Crippen LogP contribution in [0, 0.1) is 5.82 Å². The summed E-state index contributed by atoms with van der Waals surface area (Å²) in [6, 6.07) is 5.60. The molecule has 0 saturated carbocycles. The number of rotatable bonds is 3. The number of nitrogens with zero attached hydrogens (tertiary/aromatic N) is 1. The first-order chi connectivity index (χ1) is 10.6. The van der Waals surface area contributed by atoms with Crippen molar-refractivity contribution in [2.45, 2.75) is 31.2 Å². The highest BCUT2D eigenvalue weighted by molar-refractivity contribution is 5.80. The maximum absolute atomic E-state index is 12.8. The Morgan fingerprint density at radius 3 is 2.50 bits per heavy atom. The highest BCUT2D eigenvalue weighted by atomic mass is 19.1. The van der Waals surface area contributed by atoms with Crippen molar-refractivity contribution in [3.8, 4) is 5.75 Å². The Hall–Kier alpha value is -2.11. The molecular weight excluding hydrogens is 287 g/mol. The van der Waals surface area contributed by atoms with E-state index in [4.69, 9.17) is 4.74 Å². The molecule has 6 heteroatoms. The minimum absolute atomic E-state index is 0.0506. The first kappa shape index (κ1) is 14.8. The summed E-state index contributed by atoms with van der Waals surface area (Å²) in [5.41, 5.74) is -0.105. The lowest BCUT2D eigenvalue weighted by Crippen LogP contribution is -2.52. The van der Waals surface area contributed by atoms with Crippen LogP contribution in [-0.2, 0) is 9.59 Å².